The smallest absolute Gasteiger partial charge is 0.306 e. The molecule has 2 aromatic carbocycles. The van der Waals surface area contributed by atoms with Crippen molar-refractivity contribution in [2.75, 3.05) is 19.6 Å². The molecule has 0 saturated carbocycles. The quantitative estimate of drug-likeness (QED) is 0.498. The molecule has 8 heteroatoms. The third kappa shape index (κ3) is 3.83. The monoisotopic (exact) mass is 439 g/mol. The van der Waals surface area contributed by atoms with Gasteiger partial charge in [0.25, 0.3) is 0 Å². The summed E-state index contributed by atoms with van der Waals surface area (Å²) in [6, 6.07) is 11.8. The molecule has 162 valence electrons. The SMILES string of the molecule is Cc1ccc2c(c1)[nH]c(=O)n2C1CCN(CCCn2c(=O)[nH]c3cc(Cl)ccc32)CC1. The standard InChI is InChI=1S/C23H26ClN5O2/c1-15-3-5-21-18(13-15)26-23(31)29(21)17-7-11-27(12-8-17)9-2-10-28-20-6-4-16(24)14-19(20)25-22(28)30/h3-6,13-14,17H,2,7-12H2,1H3,(H,25,30)(H,26,31). The van der Waals surface area contributed by atoms with Crippen molar-refractivity contribution in [1.29, 1.82) is 0 Å². The Morgan fingerprint density at radius 2 is 1.65 bits per heavy atom. The van der Waals surface area contributed by atoms with E-state index in [9.17, 15) is 9.59 Å². The Kier molecular flexibility index (Phi) is 5.24. The zero-order chi connectivity index (χ0) is 21.5. The highest BCUT2D eigenvalue weighted by Crippen LogP contribution is 2.25. The average molecular weight is 440 g/mol. The van der Waals surface area contributed by atoms with Crippen LogP contribution < -0.4 is 11.4 Å². The van der Waals surface area contributed by atoms with Crippen LogP contribution in [0.25, 0.3) is 22.1 Å². The molecule has 2 aromatic heterocycles. The van der Waals surface area contributed by atoms with Gasteiger partial charge in [-0.1, -0.05) is 17.7 Å². The van der Waals surface area contributed by atoms with Crippen LogP contribution in [-0.2, 0) is 6.54 Å². The number of halogens is 1. The van der Waals surface area contributed by atoms with Crippen LogP contribution >= 0.6 is 11.6 Å². The number of fused-ring (bicyclic) bond motifs is 2. The molecule has 1 aliphatic heterocycles. The number of aromatic nitrogens is 4. The summed E-state index contributed by atoms with van der Waals surface area (Å²) in [6.07, 6.45) is 2.80. The van der Waals surface area contributed by atoms with E-state index < -0.39 is 0 Å². The Labute approximate surface area is 184 Å². The summed E-state index contributed by atoms with van der Waals surface area (Å²) in [5.41, 5.74) is 4.61. The van der Waals surface area contributed by atoms with Crippen LogP contribution in [0.5, 0.6) is 0 Å². The van der Waals surface area contributed by atoms with Crippen molar-refractivity contribution in [3.8, 4) is 0 Å². The second kappa shape index (κ2) is 8.05. The number of aryl methyl sites for hydroxylation is 2. The second-order valence-electron chi connectivity index (χ2n) is 8.49. The lowest BCUT2D eigenvalue weighted by atomic mass is 10.0. The maximum Gasteiger partial charge on any atom is 0.326 e. The van der Waals surface area contributed by atoms with Crippen LogP contribution in [0, 0.1) is 6.92 Å². The third-order valence-corrected chi connectivity index (χ3v) is 6.62. The molecule has 0 unspecified atom stereocenters. The van der Waals surface area contributed by atoms with Gasteiger partial charge in [-0.2, -0.15) is 0 Å². The molecule has 7 nitrogen and oxygen atoms in total. The Morgan fingerprint density at radius 1 is 0.935 bits per heavy atom. The molecule has 3 heterocycles. The van der Waals surface area contributed by atoms with Crippen molar-refractivity contribution < 1.29 is 0 Å². The lowest BCUT2D eigenvalue weighted by Crippen LogP contribution is -2.37. The summed E-state index contributed by atoms with van der Waals surface area (Å²) in [6.45, 7) is 5.54. The summed E-state index contributed by atoms with van der Waals surface area (Å²) in [5.74, 6) is 0. The first-order chi connectivity index (χ1) is 15.0. The lowest BCUT2D eigenvalue weighted by molar-refractivity contribution is 0.183. The number of likely N-dealkylation sites (tertiary alicyclic amines) is 1. The number of hydrogen-bond acceptors (Lipinski definition) is 3. The fraction of sp³-hybridized carbons (Fsp3) is 0.391. The molecule has 0 radical (unpaired) electrons. The van der Waals surface area contributed by atoms with E-state index in [0.717, 1.165) is 66.5 Å². The predicted octanol–water partition coefficient (Wildman–Crippen LogP) is 3.66. The zero-order valence-electron chi connectivity index (χ0n) is 17.5. The summed E-state index contributed by atoms with van der Waals surface area (Å²) in [4.78, 5) is 33.1. The van der Waals surface area contributed by atoms with E-state index >= 15 is 0 Å². The molecule has 2 N–H and O–H groups in total. The minimum Gasteiger partial charge on any atom is -0.306 e. The van der Waals surface area contributed by atoms with Crippen molar-refractivity contribution >= 4 is 33.7 Å². The Balaban J connectivity index is 1.21. The first kappa shape index (κ1) is 20.2. The molecule has 1 saturated heterocycles. The number of piperidine rings is 1. The fourth-order valence-corrected chi connectivity index (χ4v) is 4.99. The number of nitrogens with zero attached hydrogens (tertiary/aromatic N) is 3. The molecule has 1 fully saturated rings. The molecular formula is C23H26ClN5O2. The molecule has 5 rings (SSSR count). The molecule has 0 bridgehead atoms. The van der Waals surface area contributed by atoms with Crippen molar-refractivity contribution in [3.05, 3.63) is 68.0 Å². The van der Waals surface area contributed by atoms with Crippen LogP contribution in [0.4, 0.5) is 0 Å². The number of nitrogens with one attached hydrogen (secondary N) is 2. The van der Waals surface area contributed by atoms with Gasteiger partial charge in [0.05, 0.1) is 22.1 Å². The van der Waals surface area contributed by atoms with E-state index in [0.29, 0.717) is 11.6 Å². The van der Waals surface area contributed by atoms with Gasteiger partial charge in [0.2, 0.25) is 0 Å². The van der Waals surface area contributed by atoms with Crippen molar-refractivity contribution in [2.24, 2.45) is 0 Å². The number of imidazole rings is 2. The molecule has 4 aromatic rings. The second-order valence-corrected chi connectivity index (χ2v) is 8.93. The van der Waals surface area contributed by atoms with E-state index in [1.165, 1.54) is 0 Å². The van der Waals surface area contributed by atoms with Gasteiger partial charge < -0.3 is 14.9 Å². The minimum absolute atomic E-state index is 0.0159. The number of rotatable bonds is 5. The van der Waals surface area contributed by atoms with Crippen LogP contribution in [0.3, 0.4) is 0 Å². The van der Waals surface area contributed by atoms with Gasteiger partial charge in [-0.05, 0) is 68.6 Å². The zero-order valence-corrected chi connectivity index (χ0v) is 18.3. The van der Waals surface area contributed by atoms with Crippen molar-refractivity contribution in [3.63, 3.8) is 0 Å². The van der Waals surface area contributed by atoms with Gasteiger partial charge in [-0.3, -0.25) is 9.13 Å². The molecule has 31 heavy (non-hydrogen) atoms. The maximum atomic E-state index is 12.5. The minimum atomic E-state index is -0.0927. The van der Waals surface area contributed by atoms with Gasteiger partial charge in [-0.15, -0.1) is 0 Å². The van der Waals surface area contributed by atoms with E-state index in [1.807, 2.05) is 35.8 Å². The summed E-state index contributed by atoms with van der Waals surface area (Å²) in [5, 5.41) is 0.619. The van der Waals surface area contributed by atoms with Gasteiger partial charge in [0.15, 0.2) is 0 Å². The van der Waals surface area contributed by atoms with Crippen molar-refractivity contribution in [1.82, 2.24) is 24.0 Å². The highest BCUT2D eigenvalue weighted by atomic mass is 35.5. The summed E-state index contributed by atoms with van der Waals surface area (Å²) < 4.78 is 3.72. The van der Waals surface area contributed by atoms with E-state index in [2.05, 4.69) is 20.9 Å². The Bertz CT molecular complexity index is 1350. The number of H-pyrrole nitrogens is 2. The molecule has 0 spiro atoms. The lowest BCUT2D eigenvalue weighted by Gasteiger charge is -2.32. The number of benzene rings is 2. The van der Waals surface area contributed by atoms with Crippen LogP contribution in [-0.4, -0.2) is 43.6 Å². The van der Waals surface area contributed by atoms with E-state index in [1.54, 1.807) is 10.6 Å². The number of aromatic amines is 2. The Morgan fingerprint density at radius 3 is 2.45 bits per heavy atom. The highest BCUT2D eigenvalue weighted by Gasteiger charge is 2.23. The Hall–Kier alpha value is -2.77. The average Bonchev–Trinajstić information content (AvgIpc) is 3.23. The normalized spacial score (nSPS) is 15.9. The fourth-order valence-electron chi connectivity index (χ4n) is 4.82. The van der Waals surface area contributed by atoms with E-state index in [-0.39, 0.29) is 17.4 Å². The maximum absolute atomic E-state index is 12.5. The molecule has 1 aliphatic rings. The molecular weight excluding hydrogens is 414 g/mol. The van der Waals surface area contributed by atoms with Gasteiger partial charge >= 0.3 is 11.4 Å². The van der Waals surface area contributed by atoms with Crippen LogP contribution in [0.1, 0.15) is 30.9 Å². The van der Waals surface area contributed by atoms with Gasteiger partial charge in [0.1, 0.15) is 0 Å². The highest BCUT2D eigenvalue weighted by molar-refractivity contribution is 6.31. The van der Waals surface area contributed by atoms with Crippen LogP contribution in [0.15, 0.2) is 46.0 Å². The first-order valence-electron chi connectivity index (χ1n) is 10.8. The van der Waals surface area contributed by atoms with Crippen LogP contribution in [0.2, 0.25) is 5.02 Å². The third-order valence-electron chi connectivity index (χ3n) is 6.39. The predicted molar refractivity (Wildman–Crippen MR) is 124 cm³/mol. The molecule has 0 atom stereocenters. The molecule has 0 amide bonds. The van der Waals surface area contributed by atoms with Gasteiger partial charge in [0, 0.05) is 30.7 Å². The first-order valence-corrected chi connectivity index (χ1v) is 11.2. The van der Waals surface area contributed by atoms with Crippen molar-refractivity contribution in [2.45, 2.75) is 38.8 Å². The summed E-state index contributed by atoms with van der Waals surface area (Å²) >= 11 is 6.02. The topological polar surface area (TPSA) is 78.8 Å². The largest absolute Gasteiger partial charge is 0.326 e. The number of hydrogen-bond donors (Lipinski definition) is 2. The van der Waals surface area contributed by atoms with Gasteiger partial charge in [-0.25, -0.2) is 9.59 Å². The van der Waals surface area contributed by atoms with E-state index in [4.69, 9.17) is 11.6 Å². The summed E-state index contributed by atoms with van der Waals surface area (Å²) in [7, 11) is 0. The molecule has 0 aliphatic carbocycles.